The fourth-order valence-corrected chi connectivity index (χ4v) is 4.38. The topological polar surface area (TPSA) is 40.6 Å². The number of anilines is 2. The average Bonchev–Trinajstić information content (AvgIpc) is 2.66. The Labute approximate surface area is 161 Å². The van der Waals surface area contributed by atoms with Crippen LogP contribution in [-0.4, -0.2) is 11.8 Å². The monoisotopic (exact) mass is 382 g/mol. The molecule has 0 saturated carbocycles. The minimum atomic E-state index is -0.589. The summed E-state index contributed by atoms with van der Waals surface area (Å²) < 4.78 is 0. The Kier molecular flexibility index (Phi) is 5.85. The molecule has 26 heavy (non-hydrogen) atoms. The molecule has 2 aromatic carbocycles. The molecule has 6 heteroatoms. The summed E-state index contributed by atoms with van der Waals surface area (Å²) in [5.41, 5.74) is 2.74. The van der Waals surface area contributed by atoms with Crippen LogP contribution in [0.5, 0.6) is 0 Å². The van der Waals surface area contributed by atoms with Gasteiger partial charge in [-0.2, -0.15) is 0 Å². The normalized spacial score (nSPS) is 20.2. The van der Waals surface area contributed by atoms with E-state index in [0.717, 1.165) is 0 Å². The zero-order chi connectivity index (χ0) is 18.5. The van der Waals surface area contributed by atoms with Gasteiger partial charge in [-0.15, -0.1) is 0 Å². The van der Waals surface area contributed by atoms with Gasteiger partial charge in [-0.05, 0) is 38.1 Å². The van der Waals surface area contributed by atoms with Crippen molar-refractivity contribution < 1.29 is 9.59 Å². The van der Waals surface area contributed by atoms with Gasteiger partial charge in [0.25, 0.3) is 0 Å². The van der Waals surface area contributed by atoms with E-state index in [-0.39, 0.29) is 0 Å². The predicted molar refractivity (Wildman–Crippen MR) is 111 cm³/mol. The van der Waals surface area contributed by atoms with E-state index in [1.807, 2.05) is 85.3 Å². The van der Waals surface area contributed by atoms with Gasteiger partial charge in [0.05, 0.1) is 0 Å². The first-order chi connectivity index (χ1) is 12.6. The van der Waals surface area contributed by atoms with Crippen LogP contribution in [0, 0.1) is 0 Å². The molecule has 0 aromatic heterocycles. The van der Waals surface area contributed by atoms with Crippen molar-refractivity contribution in [2.75, 3.05) is 9.80 Å². The van der Waals surface area contributed by atoms with E-state index in [1.165, 1.54) is 31.4 Å². The van der Waals surface area contributed by atoms with E-state index in [9.17, 15) is 9.59 Å². The van der Waals surface area contributed by atoms with Gasteiger partial charge in [0.15, 0.2) is 0 Å². The maximum atomic E-state index is 13.2. The number of allylic oxidation sites excluding steroid dienone is 2. The number of carbonyl (C=O) groups excluding carboxylic acids is 2. The van der Waals surface area contributed by atoms with Crippen LogP contribution in [0.3, 0.4) is 0 Å². The number of hydrogen-bond donors (Lipinski definition) is 0. The molecule has 1 heterocycles. The molecule has 1 aliphatic rings. The number of nitrogens with zero attached hydrogens (tertiary/aromatic N) is 2. The van der Waals surface area contributed by atoms with Crippen molar-refractivity contribution in [3.63, 3.8) is 0 Å². The Morgan fingerprint density at radius 2 is 0.962 bits per heavy atom. The molecule has 132 valence electrons. The van der Waals surface area contributed by atoms with Gasteiger partial charge in [-0.1, -0.05) is 58.0 Å². The number of carbonyl (C=O) groups is 2. The molecule has 0 spiro atoms. The summed E-state index contributed by atoms with van der Waals surface area (Å²) in [7, 11) is 3.02. The fourth-order valence-electron chi connectivity index (χ4n) is 2.61. The van der Waals surface area contributed by atoms with Crippen molar-refractivity contribution in [3.05, 3.63) is 82.9 Å². The van der Waals surface area contributed by atoms with Gasteiger partial charge in [0.1, 0.15) is 0 Å². The summed E-state index contributed by atoms with van der Waals surface area (Å²) >= 11 is 0. The third-order valence-electron chi connectivity index (χ3n) is 3.82. The zero-order valence-electron chi connectivity index (χ0n) is 14.5. The Hall–Kier alpha value is -2.44. The van der Waals surface area contributed by atoms with E-state index in [4.69, 9.17) is 0 Å². The molecule has 0 bridgehead atoms. The third kappa shape index (κ3) is 3.86. The van der Waals surface area contributed by atoms with Crippen LogP contribution in [0.4, 0.5) is 11.4 Å². The molecule has 0 fully saturated rings. The quantitative estimate of drug-likeness (QED) is 0.531. The first-order valence-electron chi connectivity index (χ1n) is 8.04. The molecule has 2 aromatic rings. The molecule has 0 radical (unpaired) electrons. The van der Waals surface area contributed by atoms with Gasteiger partial charge in [0, 0.05) is 33.6 Å². The predicted octanol–water partition coefficient (Wildman–Crippen LogP) is 5.17. The Balaban J connectivity index is 2.08. The van der Waals surface area contributed by atoms with Crippen LogP contribution in [0.15, 0.2) is 82.9 Å². The summed E-state index contributed by atoms with van der Waals surface area (Å²) in [6.45, 7) is 3.66. The van der Waals surface area contributed by atoms with E-state index in [2.05, 4.69) is 0 Å². The molecule has 0 N–H and O–H groups in total. The maximum Gasteiger partial charge on any atom is 0.321 e. The summed E-state index contributed by atoms with van der Waals surface area (Å²) in [6.07, 6.45) is 0. The summed E-state index contributed by atoms with van der Waals surface area (Å²) in [4.78, 5) is 29.2. The molecule has 2 amide bonds. The van der Waals surface area contributed by atoms with E-state index >= 15 is 0 Å². The van der Waals surface area contributed by atoms with Crippen molar-refractivity contribution in [1.82, 2.24) is 0 Å². The minimum Gasteiger partial charge on any atom is -0.276 e. The highest BCUT2D eigenvalue weighted by molar-refractivity contribution is 8.79. The fraction of sp³-hybridized carbons (Fsp3) is 0.100. The summed E-state index contributed by atoms with van der Waals surface area (Å²) in [5, 5.41) is 3.76. The highest BCUT2D eigenvalue weighted by atomic mass is 33.1. The van der Waals surface area contributed by atoms with Gasteiger partial charge in [-0.3, -0.25) is 19.4 Å². The Morgan fingerprint density at radius 3 is 1.31 bits per heavy atom. The SMILES string of the molecule is C/C1=C/SS/C=C(/C)N(c2ccccc2)C(=O)C(=O)N1c1ccccc1. The van der Waals surface area contributed by atoms with E-state index in [1.54, 1.807) is 0 Å². The van der Waals surface area contributed by atoms with Crippen LogP contribution in [-0.2, 0) is 9.59 Å². The van der Waals surface area contributed by atoms with Crippen molar-refractivity contribution in [1.29, 1.82) is 0 Å². The average molecular weight is 383 g/mol. The first-order valence-corrected chi connectivity index (χ1v) is 10.3. The highest BCUT2D eigenvalue weighted by Gasteiger charge is 2.31. The number of benzene rings is 2. The van der Waals surface area contributed by atoms with E-state index < -0.39 is 11.8 Å². The lowest BCUT2D eigenvalue weighted by molar-refractivity contribution is -0.135. The number of amides is 2. The molecule has 0 unspecified atom stereocenters. The van der Waals surface area contributed by atoms with Gasteiger partial charge >= 0.3 is 11.8 Å². The van der Waals surface area contributed by atoms with Gasteiger partial charge in [-0.25, -0.2) is 0 Å². The van der Waals surface area contributed by atoms with Gasteiger partial charge < -0.3 is 0 Å². The van der Waals surface area contributed by atoms with Crippen LogP contribution < -0.4 is 9.80 Å². The lowest BCUT2D eigenvalue weighted by Gasteiger charge is -2.28. The standard InChI is InChI=1S/C20H18N2O2S2/c1-15-13-25-26-14-16(2)22(18-11-7-4-8-12-18)20(24)19(23)21(15)17-9-5-3-6-10-17/h3-14H,1-2H3/b15-13-,16-14-. The smallest absolute Gasteiger partial charge is 0.276 e. The van der Waals surface area contributed by atoms with Crippen molar-refractivity contribution in [3.8, 4) is 0 Å². The largest absolute Gasteiger partial charge is 0.321 e. The number of rotatable bonds is 2. The Bertz CT molecular complexity index is 790. The highest BCUT2D eigenvalue weighted by Crippen LogP contribution is 2.32. The molecule has 0 atom stereocenters. The minimum absolute atomic E-state index is 0.589. The lowest BCUT2D eigenvalue weighted by Crippen LogP contribution is -2.44. The van der Waals surface area contributed by atoms with Crippen LogP contribution in [0.1, 0.15) is 13.8 Å². The van der Waals surface area contributed by atoms with Gasteiger partial charge in [0.2, 0.25) is 0 Å². The third-order valence-corrected chi connectivity index (χ3v) is 5.71. The number of hydrogen-bond acceptors (Lipinski definition) is 4. The second-order valence-corrected chi connectivity index (χ2v) is 7.67. The summed E-state index contributed by atoms with van der Waals surface area (Å²) in [6, 6.07) is 18.4. The zero-order valence-corrected chi connectivity index (χ0v) is 16.1. The second-order valence-electron chi connectivity index (χ2n) is 5.66. The molecule has 1 aliphatic heterocycles. The molecular weight excluding hydrogens is 364 g/mol. The van der Waals surface area contributed by atoms with Crippen LogP contribution >= 0.6 is 21.6 Å². The number of para-hydroxylation sites is 2. The van der Waals surface area contributed by atoms with Crippen molar-refractivity contribution >= 4 is 44.8 Å². The first kappa shape index (κ1) is 18.4. The molecule has 3 rings (SSSR count). The Morgan fingerprint density at radius 1 is 0.615 bits per heavy atom. The molecule has 0 aliphatic carbocycles. The van der Waals surface area contributed by atoms with Crippen LogP contribution in [0.25, 0.3) is 0 Å². The maximum absolute atomic E-state index is 13.2. The van der Waals surface area contributed by atoms with Crippen LogP contribution in [0.2, 0.25) is 0 Å². The second kappa shape index (κ2) is 8.29. The van der Waals surface area contributed by atoms with E-state index in [0.29, 0.717) is 22.8 Å². The summed E-state index contributed by atoms with van der Waals surface area (Å²) in [5.74, 6) is -1.18. The molecule has 0 saturated heterocycles. The molecular formula is C20H18N2O2S2. The molecule has 4 nitrogen and oxygen atoms in total. The van der Waals surface area contributed by atoms with Crippen molar-refractivity contribution in [2.24, 2.45) is 0 Å². The van der Waals surface area contributed by atoms with Crippen molar-refractivity contribution in [2.45, 2.75) is 13.8 Å². The lowest BCUT2D eigenvalue weighted by atomic mass is 10.2.